The lowest BCUT2D eigenvalue weighted by Gasteiger charge is -2.30. The van der Waals surface area contributed by atoms with E-state index in [0.29, 0.717) is 33.8 Å². The second kappa shape index (κ2) is 24.3. The van der Waals surface area contributed by atoms with Gasteiger partial charge in [0, 0.05) is 27.7 Å². The Bertz CT molecular complexity index is 2550. The van der Waals surface area contributed by atoms with Crippen molar-refractivity contribution in [2.45, 2.75) is 79.6 Å². The first-order valence-electron chi connectivity index (χ1n) is 22.2. The molecule has 0 unspecified atom stereocenters. The topological polar surface area (TPSA) is 105 Å². The first-order chi connectivity index (χ1) is 31.8. The predicted molar refractivity (Wildman–Crippen MR) is 271 cm³/mol. The van der Waals surface area contributed by atoms with Crippen LogP contribution >= 0.6 is 0 Å². The van der Waals surface area contributed by atoms with Gasteiger partial charge in [0.25, 0.3) is 0 Å². The molecule has 0 radical (unpaired) electrons. The molecule has 0 amide bonds. The second-order valence-electron chi connectivity index (χ2n) is 17.3. The molecule has 7 aromatic rings. The SMILES string of the molecule is CC(=O)c1ccc(Oc2ccc(C(C)=O)cc2)cc1.CC(=O)c1ccc2cc(C(C)=O)ccc2c1.CCC(C)(c1ccc(OC)cc1)c1ccc(OC)cc1.COc1ccc(C(C)(C)C)cc1. The number of rotatable bonds is 12. The van der Waals surface area contributed by atoms with Crippen LogP contribution in [-0.4, -0.2) is 44.5 Å². The molecular formula is C59H64O8. The van der Waals surface area contributed by atoms with Crippen molar-refractivity contribution in [2.75, 3.05) is 21.3 Å². The zero-order valence-corrected chi connectivity index (χ0v) is 41.0. The van der Waals surface area contributed by atoms with Gasteiger partial charge in [0.15, 0.2) is 23.1 Å². The molecule has 7 aromatic carbocycles. The van der Waals surface area contributed by atoms with E-state index in [4.69, 9.17) is 18.9 Å². The maximum absolute atomic E-state index is 11.2. The van der Waals surface area contributed by atoms with E-state index in [1.165, 1.54) is 30.5 Å². The highest BCUT2D eigenvalue weighted by molar-refractivity contribution is 6.01. The van der Waals surface area contributed by atoms with E-state index in [-0.39, 0.29) is 34.0 Å². The molecule has 0 saturated heterocycles. The molecule has 8 nitrogen and oxygen atoms in total. The summed E-state index contributed by atoms with van der Waals surface area (Å²) in [6.07, 6.45) is 1.03. The van der Waals surface area contributed by atoms with Crippen LogP contribution in [0.25, 0.3) is 10.8 Å². The summed E-state index contributed by atoms with van der Waals surface area (Å²) in [5.74, 6) is 4.16. The monoisotopic (exact) mass is 900 g/mol. The number of ether oxygens (including phenoxy) is 4. The van der Waals surface area contributed by atoms with Crippen molar-refractivity contribution in [3.8, 4) is 28.7 Å². The van der Waals surface area contributed by atoms with Crippen LogP contribution in [0.15, 0.2) is 158 Å². The summed E-state index contributed by atoms with van der Waals surface area (Å²) >= 11 is 0. The van der Waals surface area contributed by atoms with E-state index in [1.54, 1.807) is 95.8 Å². The van der Waals surface area contributed by atoms with Crippen molar-refractivity contribution in [3.05, 3.63) is 197 Å². The maximum Gasteiger partial charge on any atom is 0.159 e. The summed E-state index contributed by atoms with van der Waals surface area (Å²) in [4.78, 5) is 44.7. The zero-order chi connectivity index (χ0) is 49.3. The third-order valence-corrected chi connectivity index (χ3v) is 11.5. The molecule has 67 heavy (non-hydrogen) atoms. The number of benzene rings is 7. The number of hydrogen-bond acceptors (Lipinski definition) is 8. The van der Waals surface area contributed by atoms with Crippen molar-refractivity contribution in [2.24, 2.45) is 0 Å². The van der Waals surface area contributed by atoms with Crippen LogP contribution in [0, 0.1) is 0 Å². The Morgan fingerprint density at radius 2 is 0.642 bits per heavy atom. The highest BCUT2D eigenvalue weighted by Crippen LogP contribution is 2.36. The number of carbonyl (C=O) groups excluding carboxylic acids is 4. The van der Waals surface area contributed by atoms with Crippen LogP contribution in [0.1, 0.15) is 127 Å². The standard InChI is InChI=1S/C18H22O2.C16H14O3.C14H12O2.C11H16O/c1-5-18(2,14-6-10-16(19-3)11-7-14)15-8-12-17(20-4)13-9-15;1-11(17)13-3-7-15(8-4-13)19-16-9-5-14(6-10-16)12(2)18;1-9(15)11-3-5-14-8-12(10(2)16)4-6-13(14)7-11;1-11(2,3)9-5-7-10(12-4)8-6-9/h6-13H,5H2,1-4H3;3-10H,1-2H3;3-8H,1-2H3;5-8H,1-4H3. The van der Waals surface area contributed by atoms with Gasteiger partial charge in [-0.3, -0.25) is 19.2 Å². The summed E-state index contributed by atoms with van der Waals surface area (Å²) in [6.45, 7) is 17.2. The van der Waals surface area contributed by atoms with E-state index in [9.17, 15) is 19.2 Å². The molecule has 7 rings (SSSR count). The van der Waals surface area contributed by atoms with Crippen LogP contribution < -0.4 is 18.9 Å². The molecule has 0 atom stereocenters. The van der Waals surface area contributed by atoms with Crippen LogP contribution in [0.4, 0.5) is 0 Å². The molecule has 0 N–H and O–H groups in total. The van der Waals surface area contributed by atoms with Crippen LogP contribution in [0.3, 0.4) is 0 Å². The zero-order valence-electron chi connectivity index (χ0n) is 41.0. The average Bonchev–Trinajstić information content (AvgIpc) is 3.34. The lowest BCUT2D eigenvalue weighted by atomic mass is 9.74. The first kappa shape index (κ1) is 52.3. The highest BCUT2D eigenvalue weighted by atomic mass is 16.5. The minimum atomic E-state index is -0.00145. The number of carbonyl (C=O) groups is 4. The number of ketones is 4. The minimum Gasteiger partial charge on any atom is -0.497 e. The van der Waals surface area contributed by atoms with E-state index < -0.39 is 0 Å². The van der Waals surface area contributed by atoms with Gasteiger partial charge >= 0.3 is 0 Å². The van der Waals surface area contributed by atoms with Gasteiger partial charge < -0.3 is 18.9 Å². The largest absolute Gasteiger partial charge is 0.497 e. The van der Waals surface area contributed by atoms with Crippen molar-refractivity contribution in [1.82, 2.24) is 0 Å². The molecular weight excluding hydrogens is 837 g/mol. The van der Waals surface area contributed by atoms with Crippen LogP contribution in [0.5, 0.6) is 28.7 Å². The Morgan fingerprint density at radius 1 is 0.373 bits per heavy atom. The van der Waals surface area contributed by atoms with Crippen molar-refractivity contribution in [3.63, 3.8) is 0 Å². The van der Waals surface area contributed by atoms with Gasteiger partial charge in [-0.05, 0) is 164 Å². The number of fused-ring (bicyclic) bond motifs is 1. The Kier molecular flexibility index (Phi) is 19.0. The van der Waals surface area contributed by atoms with E-state index in [2.05, 4.69) is 71.0 Å². The molecule has 0 aliphatic carbocycles. The van der Waals surface area contributed by atoms with E-state index in [1.807, 2.05) is 60.7 Å². The summed E-state index contributed by atoms with van der Waals surface area (Å²) < 4.78 is 21.2. The fraction of sp³-hybridized carbons (Fsp3) is 0.254. The third kappa shape index (κ3) is 15.1. The van der Waals surface area contributed by atoms with E-state index in [0.717, 1.165) is 34.4 Å². The maximum atomic E-state index is 11.2. The van der Waals surface area contributed by atoms with Gasteiger partial charge in [-0.1, -0.05) is 95.3 Å². The third-order valence-electron chi connectivity index (χ3n) is 11.5. The fourth-order valence-corrected chi connectivity index (χ4v) is 6.92. The van der Waals surface area contributed by atoms with Crippen LogP contribution in [0.2, 0.25) is 0 Å². The molecule has 0 aliphatic rings. The summed E-state index contributed by atoms with van der Waals surface area (Å²) in [7, 11) is 5.07. The number of hydrogen-bond donors (Lipinski definition) is 0. The van der Waals surface area contributed by atoms with Gasteiger partial charge in [-0.15, -0.1) is 0 Å². The lowest BCUT2D eigenvalue weighted by Crippen LogP contribution is -2.22. The molecule has 0 aromatic heterocycles. The lowest BCUT2D eigenvalue weighted by molar-refractivity contribution is 0.100. The molecule has 0 heterocycles. The molecule has 8 heteroatoms. The normalized spacial score (nSPS) is 10.7. The Hall–Kier alpha value is -7.32. The van der Waals surface area contributed by atoms with Crippen molar-refractivity contribution in [1.29, 1.82) is 0 Å². The average molecular weight is 901 g/mol. The van der Waals surface area contributed by atoms with Gasteiger partial charge in [0.1, 0.15) is 28.7 Å². The first-order valence-corrected chi connectivity index (χ1v) is 22.2. The molecule has 0 spiro atoms. The van der Waals surface area contributed by atoms with Crippen LogP contribution in [-0.2, 0) is 10.8 Å². The molecule has 0 saturated carbocycles. The molecule has 348 valence electrons. The molecule has 0 aliphatic heterocycles. The van der Waals surface area contributed by atoms with Gasteiger partial charge in [0.05, 0.1) is 21.3 Å². The quantitative estimate of drug-likeness (QED) is 0.112. The molecule has 0 fully saturated rings. The van der Waals surface area contributed by atoms with E-state index >= 15 is 0 Å². The second-order valence-corrected chi connectivity index (χ2v) is 17.3. The number of Topliss-reactive ketones (excluding diaryl/α,β-unsaturated/α-hetero) is 4. The fourth-order valence-electron chi connectivity index (χ4n) is 6.92. The highest BCUT2D eigenvalue weighted by Gasteiger charge is 2.27. The Labute approximate surface area is 396 Å². The Balaban J connectivity index is 0.000000198. The van der Waals surface area contributed by atoms with Gasteiger partial charge in [0.2, 0.25) is 0 Å². The molecule has 0 bridgehead atoms. The Morgan fingerprint density at radius 3 is 0.896 bits per heavy atom. The van der Waals surface area contributed by atoms with Gasteiger partial charge in [-0.25, -0.2) is 0 Å². The van der Waals surface area contributed by atoms with Crippen molar-refractivity contribution < 1.29 is 38.1 Å². The smallest absolute Gasteiger partial charge is 0.159 e. The minimum absolute atomic E-state index is 0.00145. The number of methoxy groups -OCH3 is 3. The van der Waals surface area contributed by atoms with Gasteiger partial charge in [-0.2, -0.15) is 0 Å². The van der Waals surface area contributed by atoms with Crippen molar-refractivity contribution >= 4 is 33.9 Å². The summed E-state index contributed by atoms with van der Waals surface area (Å²) in [5, 5.41) is 1.97. The summed E-state index contributed by atoms with van der Waals surface area (Å²) in [5.41, 5.74) is 6.86. The summed E-state index contributed by atoms with van der Waals surface area (Å²) in [6, 6.07) is 49.8. The predicted octanol–water partition coefficient (Wildman–Crippen LogP) is 14.5.